The van der Waals surface area contributed by atoms with Crippen LogP contribution in [0.4, 0.5) is 18.9 Å². The summed E-state index contributed by atoms with van der Waals surface area (Å²) in [6.07, 6.45) is -2.05. The van der Waals surface area contributed by atoms with Crippen LogP contribution in [0.1, 0.15) is 28.9 Å². The summed E-state index contributed by atoms with van der Waals surface area (Å²) in [7, 11) is 0. The molecule has 0 N–H and O–H groups in total. The summed E-state index contributed by atoms with van der Waals surface area (Å²) in [6, 6.07) is 10.0. The number of hydrogen-bond donors (Lipinski definition) is 0. The van der Waals surface area contributed by atoms with Crippen molar-refractivity contribution in [3.8, 4) is 22.8 Å². The van der Waals surface area contributed by atoms with E-state index in [9.17, 15) is 28.1 Å². The summed E-state index contributed by atoms with van der Waals surface area (Å²) in [5, 5.41) is 11.7. The molecule has 1 aromatic heterocycles. The first kappa shape index (κ1) is 26.8. The number of piperazine rings is 1. The molecule has 0 saturated carbocycles. The van der Waals surface area contributed by atoms with Gasteiger partial charge in [0, 0.05) is 50.9 Å². The van der Waals surface area contributed by atoms with Crippen LogP contribution in [0.2, 0.25) is 0 Å². The largest absolute Gasteiger partial charge is 0.435 e. The Morgan fingerprint density at radius 3 is 2.15 bits per heavy atom. The molecule has 2 fully saturated rings. The molecule has 2 aliphatic heterocycles. The molecule has 3 aromatic rings. The van der Waals surface area contributed by atoms with Crippen LogP contribution in [-0.2, 0) is 6.18 Å². The van der Waals surface area contributed by atoms with Crippen molar-refractivity contribution < 1.29 is 27.3 Å². The van der Waals surface area contributed by atoms with Crippen molar-refractivity contribution in [3.63, 3.8) is 0 Å². The van der Waals surface area contributed by atoms with E-state index in [2.05, 4.69) is 14.8 Å². The molecule has 0 aliphatic carbocycles. The maximum absolute atomic E-state index is 13.6. The highest BCUT2D eigenvalue weighted by atomic mass is 19.4. The average molecular weight is 544 g/mol. The predicted octanol–water partition coefficient (Wildman–Crippen LogP) is 4.79. The number of alkyl halides is 3. The van der Waals surface area contributed by atoms with E-state index in [-0.39, 0.29) is 34.2 Å². The van der Waals surface area contributed by atoms with Crippen LogP contribution >= 0.6 is 0 Å². The number of para-hydroxylation sites is 1. The summed E-state index contributed by atoms with van der Waals surface area (Å²) in [5.41, 5.74) is -0.928. The Bertz CT molecular complexity index is 1330. The van der Waals surface area contributed by atoms with E-state index in [1.807, 2.05) is 0 Å². The number of carbonyl (C=O) groups excluding carboxylic acids is 1. The molecule has 2 aliphatic rings. The van der Waals surface area contributed by atoms with Gasteiger partial charge in [-0.15, -0.1) is 0 Å². The number of halogens is 3. The highest BCUT2D eigenvalue weighted by Gasteiger charge is 2.33. The second kappa shape index (κ2) is 11.1. The lowest BCUT2D eigenvalue weighted by molar-refractivity contribution is -0.384. The number of carbonyl (C=O) groups is 1. The lowest BCUT2D eigenvalue weighted by Gasteiger charge is -2.35. The van der Waals surface area contributed by atoms with Crippen molar-refractivity contribution in [2.24, 2.45) is 0 Å². The molecule has 0 spiro atoms. The van der Waals surface area contributed by atoms with Gasteiger partial charge in [0.05, 0.1) is 16.1 Å². The maximum atomic E-state index is 13.6. The topological polar surface area (TPSA) is 96.0 Å². The zero-order chi connectivity index (χ0) is 27.6. The zero-order valence-electron chi connectivity index (χ0n) is 21.2. The number of rotatable bonds is 7. The monoisotopic (exact) mass is 543 g/mol. The summed E-state index contributed by atoms with van der Waals surface area (Å²) in [5.74, 6) is -0.618. The number of likely N-dealkylation sites (tertiary alicyclic amines) is 1. The Morgan fingerprint density at radius 1 is 0.923 bits per heavy atom. The lowest BCUT2D eigenvalue weighted by Crippen LogP contribution is -2.50. The third-order valence-electron chi connectivity index (χ3n) is 7.22. The second-order valence-corrected chi connectivity index (χ2v) is 9.73. The quantitative estimate of drug-likeness (QED) is 0.312. The molecule has 9 nitrogen and oxygen atoms in total. The first-order valence-electron chi connectivity index (χ1n) is 12.9. The third kappa shape index (κ3) is 5.96. The summed E-state index contributed by atoms with van der Waals surface area (Å²) in [4.78, 5) is 35.5. The Hall–Kier alpha value is -3.77. The Kier molecular flexibility index (Phi) is 7.67. The summed E-state index contributed by atoms with van der Waals surface area (Å²) in [6.45, 7) is 6.45. The smallest absolute Gasteiger partial charge is 0.416 e. The van der Waals surface area contributed by atoms with Gasteiger partial charge in [0.2, 0.25) is 5.89 Å². The molecule has 5 rings (SSSR count). The van der Waals surface area contributed by atoms with Gasteiger partial charge >= 0.3 is 6.18 Å². The molecule has 2 aromatic carbocycles. The Morgan fingerprint density at radius 2 is 1.54 bits per heavy atom. The fourth-order valence-corrected chi connectivity index (χ4v) is 5.01. The number of hydrogen-bond acceptors (Lipinski definition) is 7. The van der Waals surface area contributed by atoms with Crippen LogP contribution in [0.5, 0.6) is 0 Å². The Balaban J connectivity index is 1.41. The van der Waals surface area contributed by atoms with E-state index >= 15 is 0 Å². The van der Waals surface area contributed by atoms with Crippen molar-refractivity contribution in [1.82, 2.24) is 19.7 Å². The van der Waals surface area contributed by atoms with Crippen molar-refractivity contribution in [2.75, 3.05) is 52.4 Å². The van der Waals surface area contributed by atoms with Gasteiger partial charge < -0.3 is 14.2 Å². The first-order valence-corrected chi connectivity index (χ1v) is 12.9. The van der Waals surface area contributed by atoms with Crippen molar-refractivity contribution in [2.45, 2.75) is 19.0 Å². The van der Waals surface area contributed by atoms with Gasteiger partial charge in [0.25, 0.3) is 11.6 Å². The third-order valence-corrected chi connectivity index (χ3v) is 7.22. The van der Waals surface area contributed by atoms with Gasteiger partial charge in [-0.1, -0.05) is 12.1 Å². The predicted molar refractivity (Wildman–Crippen MR) is 137 cm³/mol. The number of nitro groups is 1. The van der Waals surface area contributed by atoms with Gasteiger partial charge in [0.1, 0.15) is 0 Å². The van der Waals surface area contributed by atoms with Crippen molar-refractivity contribution >= 4 is 11.6 Å². The number of oxazole rings is 1. The number of amides is 1. The standard InChI is InChI=1S/C27H28F3N5O4/c28-27(29,30)20-9-7-19(8-10-20)25-31-23(24(39-25)21-5-1-2-6-22(21)35(37)38)26(36)34-17-15-33(16-18-34)14-13-32-11-3-4-12-32/h1-2,5-10H,3-4,11-18H2. The van der Waals surface area contributed by atoms with Gasteiger partial charge in [0.15, 0.2) is 11.5 Å². The minimum Gasteiger partial charge on any atom is -0.435 e. The van der Waals surface area contributed by atoms with E-state index in [4.69, 9.17) is 4.42 Å². The molecule has 0 bridgehead atoms. The molecule has 206 valence electrons. The minimum atomic E-state index is -4.51. The number of nitro benzene ring substituents is 1. The van der Waals surface area contributed by atoms with Crippen molar-refractivity contribution in [3.05, 3.63) is 69.9 Å². The molecular formula is C27H28F3N5O4. The summed E-state index contributed by atoms with van der Waals surface area (Å²) >= 11 is 0. The molecule has 0 unspecified atom stereocenters. The van der Waals surface area contributed by atoms with E-state index in [1.165, 1.54) is 43.2 Å². The molecule has 39 heavy (non-hydrogen) atoms. The van der Waals surface area contributed by atoms with Crippen LogP contribution in [0.25, 0.3) is 22.8 Å². The van der Waals surface area contributed by atoms with Gasteiger partial charge in [-0.05, 0) is 56.3 Å². The van der Waals surface area contributed by atoms with Crippen LogP contribution in [0, 0.1) is 10.1 Å². The molecule has 2 saturated heterocycles. The highest BCUT2D eigenvalue weighted by molar-refractivity contribution is 5.99. The normalized spacial score (nSPS) is 17.1. The van der Waals surface area contributed by atoms with Crippen LogP contribution < -0.4 is 0 Å². The molecule has 0 atom stereocenters. The van der Waals surface area contributed by atoms with E-state index in [0.29, 0.717) is 26.2 Å². The van der Waals surface area contributed by atoms with Gasteiger partial charge in [-0.25, -0.2) is 4.98 Å². The fraction of sp³-hybridized carbons (Fsp3) is 0.407. The SMILES string of the molecule is O=C(c1nc(-c2ccc(C(F)(F)F)cc2)oc1-c1ccccc1[N+](=O)[O-])N1CCN(CCN2CCCC2)CC1. The molecular weight excluding hydrogens is 515 g/mol. The first-order chi connectivity index (χ1) is 18.7. The molecule has 3 heterocycles. The molecule has 1 amide bonds. The second-order valence-electron chi connectivity index (χ2n) is 9.73. The van der Waals surface area contributed by atoms with E-state index in [1.54, 1.807) is 11.0 Å². The van der Waals surface area contributed by atoms with Gasteiger partial charge in [-0.2, -0.15) is 13.2 Å². The van der Waals surface area contributed by atoms with E-state index in [0.717, 1.165) is 38.3 Å². The fourth-order valence-electron chi connectivity index (χ4n) is 5.01. The van der Waals surface area contributed by atoms with Crippen LogP contribution in [-0.4, -0.2) is 82.9 Å². The molecule has 12 heteroatoms. The van der Waals surface area contributed by atoms with Crippen molar-refractivity contribution in [1.29, 1.82) is 0 Å². The van der Waals surface area contributed by atoms with Crippen LogP contribution in [0.15, 0.2) is 52.9 Å². The summed E-state index contributed by atoms with van der Waals surface area (Å²) < 4.78 is 45.0. The average Bonchev–Trinajstić information content (AvgIpc) is 3.62. The number of nitrogens with zero attached hydrogens (tertiary/aromatic N) is 5. The minimum absolute atomic E-state index is 0.0701. The lowest BCUT2D eigenvalue weighted by atomic mass is 10.1. The zero-order valence-corrected chi connectivity index (χ0v) is 21.2. The van der Waals surface area contributed by atoms with E-state index < -0.39 is 22.6 Å². The highest BCUT2D eigenvalue weighted by Crippen LogP contribution is 2.37. The van der Waals surface area contributed by atoms with Gasteiger partial charge in [-0.3, -0.25) is 19.8 Å². The number of aromatic nitrogens is 1. The van der Waals surface area contributed by atoms with Crippen LogP contribution in [0.3, 0.4) is 0 Å². The molecule has 0 radical (unpaired) electrons. The Labute approximate surface area is 223 Å². The maximum Gasteiger partial charge on any atom is 0.416 e. The number of benzene rings is 2.